The number of carbonyl (C=O) groups is 1. The minimum absolute atomic E-state index is 0.277. The molecule has 0 saturated carbocycles. The minimum Gasteiger partial charge on any atom is -0.493 e. The molecule has 0 spiro atoms. The molecule has 3 aromatic rings. The van der Waals surface area contributed by atoms with E-state index in [1.165, 1.54) is 14.2 Å². The van der Waals surface area contributed by atoms with Crippen molar-refractivity contribution in [2.75, 3.05) is 20.8 Å². The van der Waals surface area contributed by atoms with Gasteiger partial charge in [0.15, 0.2) is 18.1 Å². The van der Waals surface area contributed by atoms with Gasteiger partial charge in [0, 0.05) is 5.56 Å². The number of rotatable bonds is 7. The van der Waals surface area contributed by atoms with Crippen molar-refractivity contribution in [2.45, 2.75) is 0 Å². The van der Waals surface area contributed by atoms with Gasteiger partial charge in [-0.15, -0.1) is 0 Å². The van der Waals surface area contributed by atoms with Crippen LogP contribution in [-0.4, -0.2) is 42.6 Å². The lowest BCUT2D eigenvalue weighted by Crippen LogP contribution is -2.20. The van der Waals surface area contributed by atoms with Crippen LogP contribution < -0.4 is 19.9 Å². The second-order valence-electron chi connectivity index (χ2n) is 5.33. The maximum Gasteiger partial charge on any atom is 0.255 e. The lowest BCUT2D eigenvalue weighted by molar-refractivity contribution is -0.119. The number of hydrogen-bond acceptors (Lipinski definition) is 6. The van der Waals surface area contributed by atoms with Crippen molar-refractivity contribution in [3.8, 4) is 17.2 Å². The number of carbonyl (C=O) groups excluding carboxylic acids is 1. The van der Waals surface area contributed by atoms with Crippen molar-refractivity contribution in [1.29, 1.82) is 0 Å². The summed E-state index contributed by atoms with van der Waals surface area (Å²) in [5.41, 5.74) is 7.60. The number of amides is 1. The highest BCUT2D eigenvalue weighted by Crippen LogP contribution is 2.38. The fraction of sp³-hybridized carbons (Fsp3) is 0.167. The number of nitrogens with two attached hydrogens (primary N) is 1. The normalized spacial score (nSPS) is 11.0. The number of benzene rings is 2. The van der Waals surface area contributed by atoms with E-state index >= 15 is 0 Å². The Bertz CT molecular complexity index is 940. The fourth-order valence-corrected chi connectivity index (χ4v) is 2.43. The highest BCUT2D eigenvalue weighted by molar-refractivity contribution is 5.83. The van der Waals surface area contributed by atoms with E-state index in [1.54, 1.807) is 29.4 Å². The summed E-state index contributed by atoms with van der Waals surface area (Å²) in [6.07, 6.45) is 3.29. The Balaban J connectivity index is 1.93. The largest absolute Gasteiger partial charge is 0.493 e. The van der Waals surface area contributed by atoms with E-state index in [-0.39, 0.29) is 6.61 Å². The predicted molar refractivity (Wildman–Crippen MR) is 97.0 cm³/mol. The molecule has 0 saturated heterocycles. The number of hydrogen-bond donors (Lipinski definition) is 1. The smallest absolute Gasteiger partial charge is 0.255 e. The summed E-state index contributed by atoms with van der Waals surface area (Å²) < 4.78 is 17.7. The molecule has 1 heterocycles. The van der Waals surface area contributed by atoms with Gasteiger partial charge >= 0.3 is 0 Å². The van der Waals surface area contributed by atoms with Crippen molar-refractivity contribution in [2.24, 2.45) is 10.8 Å². The molecule has 26 heavy (non-hydrogen) atoms. The summed E-state index contributed by atoms with van der Waals surface area (Å²) in [5, 5.41) is 4.42. The van der Waals surface area contributed by atoms with Crippen molar-refractivity contribution in [1.82, 2.24) is 9.66 Å². The van der Waals surface area contributed by atoms with E-state index in [0.717, 1.165) is 16.6 Å². The van der Waals surface area contributed by atoms with Crippen LogP contribution in [-0.2, 0) is 4.79 Å². The molecule has 134 valence electrons. The van der Waals surface area contributed by atoms with Crippen LogP contribution in [0.3, 0.4) is 0 Å². The average Bonchev–Trinajstić information content (AvgIpc) is 3.07. The van der Waals surface area contributed by atoms with Gasteiger partial charge in [0.2, 0.25) is 5.75 Å². The van der Waals surface area contributed by atoms with E-state index in [9.17, 15) is 4.79 Å². The third kappa shape index (κ3) is 3.59. The first-order valence-electron chi connectivity index (χ1n) is 7.76. The number of imidazole rings is 1. The molecule has 8 heteroatoms. The monoisotopic (exact) mass is 354 g/mol. The van der Waals surface area contributed by atoms with Crippen LogP contribution >= 0.6 is 0 Å². The van der Waals surface area contributed by atoms with Crippen molar-refractivity contribution >= 4 is 23.2 Å². The van der Waals surface area contributed by atoms with Crippen LogP contribution in [0.25, 0.3) is 11.0 Å². The summed E-state index contributed by atoms with van der Waals surface area (Å²) in [5.74, 6) is 0.524. The molecular formula is C18H18N4O4. The molecule has 0 aliphatic heterocycles. The predicted octanol–water partition coefficient (Wildman–Crippen LogP) is 1.80. The maximum atomic E-state index is 11.0. The van der Waals surface area contributed by atoms with Gasteiger partial charge in [-0.2, -0.15) is 5.10 Å². The Morgan fingerprint density at radius 3 is 2.58 bits per heavy atom. The Kier molecular flexibility index (Phi) is 5.02. The van der Waals surface area contributed by atoms with Crippen molar-refractivity contribution in [3.63, 3.8) is 0 Å². The number of para-hydroxylation sites is 2. The number of aromatic nitrogens is 2. The number of primary amides is 1. The van der Waals surface area contributed by atoms with Crippen molar-refractivity contribution < 1.29 is 19.0 Å². The number of ether oxygens (including phenoxy) is 3. The summed E-state index contributed by atoms with van der Waals surface area (Å²) in [7, 11) is 2.99. The van der Waals surface area contributed by atoms with Crippen LogP contribution in [0.4, 0.5) is 0 Å². The van der Waals surface area contributed by atoms with Crippen LogP contribution in [0.2, 0.25) is 0 Å². The molecule has 8 nitrogen and oxygen atoms in total. The van der Waals surface area contributed by atoms with Crippen LogP contribution in [0.1, 0.15) is 5.56 Å². The second kappa shape index (κ2) is 7.56. The standard InChI is InChI=1S/C18H18N4O4/c1-24-15-7-12(8-16(25-2)18(15)26-10-17(19)23)9-21-22-11-20-13-5-3-4-6-14(13)22/h3-9,11H,10H2,1-2H3,(H2,19,23)/b21-9-. The summed E-state index contributed by atoms with van der Waals surface area (Å²) in [4.78, 5) is 15.3. The lowest BCUT2D eigenvalue weighted by atomic mass is 10.2. The summed E-state index contributed by atoms with van der Waals surface area (Å²) in [6, 6.07) is 11.1. The van der Waals surface area contributed by atoms with E-state index in [1.807, 2.05) is 24.3 Å². The summed E-state index contributed by atoms with van der Waals surface area (Å²) in [6.45, 7) is -0.277. The van der Waals surface area contributed by atoms with Crippen molar-refractivity contribution in [3.05, 3.63) is 48.3 Å². The van der Waals surface area contributed by atoms with Gasteiger partial charge in [-0.3, -0.25) is 4.79 Å². The SMILES string of the molecule is COc1cc(/C=N\n2cnc3ccccc32)cc(OC)c1OCC(N)=O. The molecule has 2 aromatic carbocycles. The highest BCUT2D eigenvalue weighted by atomic mass is 16.5. The Morgan fingerprint density at radius 1 is 1.23 bits per heavy atom. The average molecular weight is 354 g/mol. The first-order valence-corrected chi connectivity index (χ1v) is 7.76. The molecule has 0 atom stereocenters. The van der Waals surface area contributed by atoms with Crippen LogP contribution in [0.5, 0.6) is 17.2 Å². The molecule has 0 unspecified atom stereocenters. The van der Waals surface area contributed by atoms with E-state index in [2.05, 4.69) is 10.1 Å². The van der Waals surface area contributed by atoms with Gasteiger partial charge in [0.05, 0.1) is 31.5 Å². The van der Waals surface area contributed by atoms with Gasteiger partial charge in [0.25, 0.3) is 5.91 Å². The van der Waals surface area contributed by atoms with E-state index in [4.69, 9.17) is 19.9 Å². The molecule has 1 amide bonds. The van der Waals surface area contributed by atoms with E-state index < -0.39 is 5.91 Å². The zero-order chi connectivity index (χ0) is 18.5. The topological polar surface area (TPSA) is 101 Å². The Hall–Kier alpha value is -3.55. The quantitative estimate of drug-likeness (QED) is 0.652. The molecular weight excluding hydrogens is 336 g/mol. The zero-order valence-electron chi connectivity index (χ0n) is 14.4. The summed E-state index contributed by atoms with van der Waals surface area (Å²) >= 11 is 0. The van der Waals surface area contributed by atoms with Gasteiger partial charge in [-0.1, -0.05) is 12.1 Å². The third-order valence-electron chi connectivity index (χ3n) is 3.61. The molecule has 0 radical (unpaired) electrons. The van der Waals surface area contributed by atoms with Crippen LogP contribution in [0.15, 0.2) is 47.8 Å². The molecule has 2 N–H and O–H groups in total. The molecule has 0 aliphatic rings. The second-order valence-corrected chi connectivity index (χ2v) is 5.33. The number of methoxy groups -OCH3 is 2. The van der Waals surface area contributed by atoms with Gasteiger partial charge in [-0.05, 0) is 24.3 Å². The first kappa shape index (κ1) is 17.3. The molecule has 3 rings (SSSR count). The van der Waals surface area contributed by atoms with Gasteiger partial charge in [0.1, 0.15) is 6.33 Å². The van der Waals surface area contributed by atoms with Gasteiger partial charge < -0.3 is 19.9 Å². The fourth-order valence-electron chi connectivity index (χ4n) is 2.43. The molecule has 0 aliphatic carbocycles. The number of fused-ring (bicyclic) bond motifs is 1. The molecule has 0 bridgehead atoms. The first-order chi connectivity index (χ1) is 12.6. The third-order valence-corrected chi connectivity index (χ3v) is 3.61. The highest BCUT2D eigenvalue weighted by Gasteiger charge is 2.14. The lowest BCUT2D eigenvalue weighted by Gasteiger charge is -2.14. The van der Waals surface area contributed by atoms with Gasteiger partial charge in [-0.25, -0.2) is 9.66 Å². The molecule has 1 aromatic heterocycles. The van der Waals surface area contributed by atoms with Crippen LogP contribution in [0, 0.1) is 0 Å². The number of nitrogens with zero attached hydrogens (tertiary/aromatic N) is 3. The zero-order valence-corrected chi connectivity index (χ0v) is 14.4. The molecule has 0 fully saturated rings. The Morgan fingerprint density at radius 2 is 1.92 bits per heavy atom. The Labute approximate surface area is 149 Å². The maximum absolute atomic E-state index is 11.0. The minimum atomic E-state index is -0.591. The van der Waals surface area contributed by atoms with E-state index in [0.29, 0.717) is 17.2 Å².